The average Bonchev–Trinajstić information content (AvgIpc) is 2.16. The number of aromatic nitrogens is 1. The number of amides is 1. The second-order valence-electron chi connectivity index (χ2n) is 3.83. The highest BCUT2D eigenvalue weighted by molar-refractivity contribution is 5.92. The number of carbonyl (C=O) groups is 1. The van der Waals surface area contributed by atoms with Gasteiger partial charge in [-0.2, -0.15) is 0 Å². The van der Waals surface area contributed by atoms with E-state index >= 15 is 0 Å². The highest BCUT2D eigenvalue weighted by Gasteiger charge is 2.10. The van der Waals surface area contributed by atoms with Crippen LogP contribution >= 0.6 is 0 Å². The van der Waals surface area contributed by atoms with E-state index in [1.165, 1.54) is 4.90 Å². The van der Waals surface area contributed by atoms with Crippen molar-refractivity contribution in [3.8, 4) is 0 Å². The second-order valence-corrected chi connectivity index (χ2v) is 3.83. The maximum Gasteiger partial charge on any atom is 0.271 e. The van der Waals surface area contributed by atoms with Crippen LogP contribution in [-0.4, -0.2) is 29.9 Å². The van der Waals surface area contributed by atoms with Gasteiger partial charge in [-0.1, -0.05) is 13.8 Å². The second kappa shape index (κ2) is 4.22. The molecule has 0 atom stereocenters. The summed E-state index contributed by atoms with van der Waals surface area (Å²) in [5, 5.41) is 0. The summed E-state index contributed by atoms with van der Waals surface area (Å²) in [5.41, 5.74) is 1.66. The maximum atomic E-state index is 11.6. The van der Waals surface area contributed by atoms with Gasteiger partial charge in [0.15, 0.2) is 0 Å². The van der Waals surface area contributed by atoms with Gasteiger partial charge in [0.25, 0.3) is 5.91 Å². The normalized spacial score (nSPS) is 10.4. The zero-order valence-corrected chi connectivity index (χ0v) is 9.11. The molecule has 1 amide bonds. The van der Waals surface area contributed by atoms with Crippen LogP contribution in [0.15, 0.2) is 18.3 Å². The number of nitrogens with zero attached hydrogens (tertiary/aromatic N) is 2. The Hall–Kier alpha value is -1.38. The fourth-order valence-electron chi connectivity index (χ4n) is 1.15. The van der Waals surface area contributed by atoms with Gasteiger partial charge < -0.3 is 4.90 Å². The molecule has 0 bridgehead atoms. The zero-order valence-electron chi connectivity index (χ0n) is 9.11. The lowest BCUT2D eigenvalue weighted by atomic mass is 10.0. The van der Waals surface area contributed by atoms with Gasteiger partial charge in [-0.3, -0.25) is 9.78 Å². The van der Waals surface area contributed by atoms with Gasteiger partial charge in [0, 0.05) is 20.3 Å². The largest absolute Gasteiger partial charge is 0.343 e. The van der Waals surface area contributed by atoms with Crippen LogP contribution in [0.5, 0.6) is 0 Å². The monoisotopic (exact) mass is 192 g/mol. The lowest BCUT2D eigenvalue weighted by molar-refractivity contribution is 0.0822. The van der Waals surface area contributed by atoms with E-state index in [4.69, 9.17) is 0 Å². The molecule has 0 N–H and O–H groups in total. The standard InChI is InChI=1S/C11H16N2O/c1-8(2)9-5-6-12-10(7-9)11(14)13(3)4/h5-8H,1-4H3. The van der Waals surface area contributed by atoms with Crippen molar-refractivity contribution in [2.75, 3.05) is 14.1 Å². The molecule has 0 spiro atoms. The minimum absolute atomic E-state index is 0.0486. The molecule has 1 heterocycles. The lowest BCUT2D eigenvalue weighted by Gasteiger charge is -2.11. The first-order chi connectivity index (χ1) is 6.52. The van der Waals surface area contributed by atoms with Crippen LogP contribution in [0.25, 0.3) is 0 Å². The van der Waals surface area contributed by atoms with Crippen molar-refractivity contribution in [2.45, 2.75) is 19.8 Å². The van der Waals surface area contributed by atoms with Gasteiger partial charge in [0.1, 0.15) is 5.69 Å². The quantitative estimate of drug-likeness (QED) is 0.717. The smallest absolute Gasteiger partial charge is 0.271 e. The first-order valence-electron chi connectivity index (χ1n) is 4.70. The summed E-state index contributed by atoms with van der Waals surface area (Å²) in [6.07, 6.45) is 1.69. The van der Waals surface area contributed by atoms with Crippen LogP contribution in [0.2, 0.25) is 0 Å². The SMILES string of the molecule is CC(C)c1ccnc(C(=O)N(C)C)c1. The van der Waals surface area contributed by atoms with E-state index in [0.717, 1.165) is 5.56 Å². The Bertz CT molecular complexity index is 332. The van der Waals surface area contributed by atoms with Crippen LogP contribution in [-0.2, 0) is 0 Å². The molecule has 0 radical (unpaired) electrons. The van der Waals surface area contributed by atoms with Crippen molar-refractivity contribution in [2.24, 2.45) is 0 Å². The Morgan fingerprint density at radius 2 is 2.07 bits per heavy atom. The van der Waals surface area contributed by atoms with Crippen molar-refractivity contribution in [1.29, 1.82) is 0 Å². The predicted octanol–water partition coefficient (Wildman–Crippen LogP) is 1.91. The van der Waals surface area contributed by atoms with Gasteiger partial charge in [-0.15, -0.1) is 0 Å². The fourth-order valence-corrected chi connectivity index (χ4v) is 1.15. The van der Waals surface area contributed by atoms with E-state index in [2.05, 4.69) is 18.8 Å². The third kappa shape index (κ3) is 2.31. The summed E-state index contributed by atoms with van der Waals surface area (Å²) in [4.78, 5) is 17.2. The van der Waals surface area contributed by atoms with Crippen molar-refractivity contribution in [3.05, 3.63) is 29.6 Å². The lowest BCUT2D eigenvalue weighted by Crippen LogP contribution is -2.22. The van der Waals surface area contributed by atoms with Gasteiger partial charge in [0.2, 0.25) is 0 Å². The molecule has 3 nitrogen and oxygen atoms in total. The van der Waals surface area contributed by atoms with Gasteiger partial charge in [0.05, 0.1) is 0 Å². The molecule has 1 aromatic rings. The Morgan fingerprint density at radius 3 is 2.57 bits per heavy atom. The van der Waals surface area contributed by atoms with Crippen molar-refractivity contribution < 1.29 is 4.79 Å². The maximum absolute atomic E-state index is 11.6. The van der Waals surface area contributed by atoms with Crippen LogP contribution in [0.4, 0.5) is 0 Å². The molecular formula is C11H16N2O. The van der Waals surface area contributed by atoms with E-state index in [1.54, 1.807) is 20.3 Å². The van der Waals surface area contributed by atoms with E-state index in [1.807, 2.05) is 12.1 Å². The first kappa shape index (κ1) is 10.7. The van der Waals surface area contributed by atoms with Crippen LogP contribution in [0.3, 0.4) is 0 Å². The molecule has 0 fully saturated rings. The molecule has 0 aromatic carbocycles. The van der Waals surface area contributed by atoms with E-state index in [9.17, 15) is 4.79 Å². The summed E-state index contributed by atoms with van der Waals surface area (Å²) in [7, 11) is 3.46. The molecule has 0 unspecified atom stereocenters. The third-order valence-electron chi connectivity index (χ3n) is 2.08. The summed E-state index contributed by atoms with van der Waals surface area (Å²) < 4.78 is 0. The van der Waals surface area contributed by atoms with E-state index < -0.39 is 0 Å². The molecule has 1 rings (SSSR count). The Balaban J connectivity index is 3.00. The predicted molar refractivity (Wildman–Crippen MR) is 56.3 cm³/mol. The van der Waals surface area contributed by atoms with Crippen molar-refractivity contribution in [3.63, 3.8) is 0 Å². The van der Waals surface area contributed by atoms with Crippen molar-refractivity contribution >= 4 is 5.91 Å². The molecule has 0 aliphatic rings. The molecule has 14 heavy (non-hydrogen) atoms. The summed E-state index contributed by atoms with van der Waals surface area (Å²) in [6.45, 7) is 4.19. The number of hydrogen-bond donors (Lipinski definition) is 0. The number of hydrogen-bond acceptors (Lipinski definition) is 2. The number of carbonyl (C=O) groups excluding carboxylic acids is 1. The third-order valence-corrected chi connectivity index (χ3v) is 2.08. The summed E-state index contributed by atoms with van der Waals surface area (Å²) >= 11 is 0. The van der Waals surface area contributed by atoms with Gasteiger partial charge >= 0.3 is 0 Å². The van der Waals surface area contributed by atoms with Crippen LogP contribution in [0.1, 0.15) is 35.8 Å². The number of pyridine rings is 1. The Kier molecular flexibility index (Phi) is 3.23. The van der Waals surface area contributed by atoms with Gasteiger partial charge in [-0.25, -0.2) is 0 Å². The average molecular weight is 192 g/mol. The van der Waals surface area contributed by atoms with E-state index in [-0.39, 0.29) is 5.91 Å². The zero-order chi connectivity index (χ0) is 10.7. The highest BCUT2D eigenvalue weighted by Crippen LogP contribution is 2.14. The molecule has 0 saturated carbocycles. The van der Waals surface area contributed by atoms with Crippen LogP contribution in [0, 0.1) is 0 Å². The molecule has 0 aliphatic carbocycles. The summed E-state index contributed by atoms with van der Waals surface area (Å²) in [6, 6.07) is 3.80. The van der Waals surface area contributed by atoms with Gasteiger partial charge in [-0.05, 0) is 23.6 Å². The Morgan fingerprint density at radius 1 is 1.43 bits per heavy atom. The first-order valence-corrected chi connectivity index (χ1v) is 4.70. The highest BCUT2D eigenvalue weighted by atomic mass is 16.2. The number of rotatable bonds is 2. The topological polar surface area (TPSA) is 33.2 Å². The van der Waals surface area contributed by atoms with Crippen LogP contribution < -0.4 is 0 Å². The molecule has 3 heteroatoms. The minimum Gasteiger partial charge on any atom is -0.343 e. The minimum atomic E-state index is -0.0486. The van der Waals surface area contributed by atoms with E-state index in [0.29, 0.717) is 11.6 Å². The van der Waals surface area contributed by atoms with Crippen molar-refractivity contribution in [1.82, 2.24) is 9.88 Å². The molecular weight excluding hydrogens is 176 g/mol. The fraction of sp³-hybridized carbons (Fsp3) is 0.455. The molecule has 0 aliphatic heterocycles. The summed E-state index contributed by atoms with van der Waals surface area (Å²) in [5.74, 6) is 0.374. The molecule has 76 valence electrons. The molecule has 1 aromatic heterocycles. The Labute approximate surface area is 84.8 Å². The molecule has 0 saturated heterocycles.